The molecule has 0 amide bonds. The molecule has 0 aromatic heterocycles. The monoisotopic (exact) mass is 207 g/mol. The summed E-state index contributed by atoms with van der Waals surface area (Å²) in [7, 11) is 0. The molecule has 1 aromatic rings. The lowest BCUT2D eigenvalue weighted by Gasteiger charge is -2.17. The van der Waals surface area contributed by atoms with Gasteiger partial charge in [-0.1, -0.05) is 37.3 Å². The van der Waals surface area contributed by atoms with E-state index in [2.05, 4.69) is 5.53 Å². The SMILES string of the molecule is CCN(CCC(=O)c1ccccc1)NN. The molecule has 1 aromatic carbocycles. The van der Waals surface area contributed by atoms with Crippen LogP contribution in [0.3, 0.4) is 0 Å². The van der Waals surface area contributed by atoms with Crippen molar-refractivity contribution >= 4 is 5.78 Å². The van der Waals surface area contributed by atoms with Crippen molar-refractivity contribution < 1.29 is 4.79 Å². The molecule has 15 heavy (non-hydrogen) atoms. The molecule has 0 aliphatic rings. The van der Waals surface area contributed by atoms with Crippen LogP contribution in [0.1, 0.15) is 23.7 Å². The third kappa shape index (κ3) is 3.79. The molecule has 0 heterocycles. The van der Waals surface area contributed by atoms with E-state index >= 15 is 0 Å². The van der Waals surface area contributed by atoms with Gasteiger partial charge in [-0.3, -0.25) is 10.6 Å². The van der Waals surface area contributed by atoms with E-state index < -0.39 is 0 Å². The number of benzene rings is 1. The smallest absolute Gasteiger partial charge is 0.164 e. The molecule has 4 nitrogen and oxygen atoms in total. The maximum Gasteiger partial charge on any atom is 0.164 e. The molecular formula is C11H17N3O. The first-order valence-corrected chi connectivity index (χ1v) is 5.07. The molecule has 4 heteroatoms. The number of carbonyl (C=O) groups excluding carboxylic acids is 1. The van der Waals surface area contributed by atoms with Gasteiger partial charge in [-0.25, -0.2) is 5.01 Å². The first-order valence-electron chi connectivity index (χ1n) is 5.07. The van der Waals surface area contributed by atoms with Crippen molar-refractivity contribution in [2.45, 2.75) is 13.3 Å². The number of Topliss-reactive ketones (excluding diaryl/α,β-unsaturated/α-hetero) is 1. The quantitative estimate of drug-likeness (QED) is 0.414. The Labute approximate surface area is 90.0 Å². The number of nitrogens with zero attached hydrogens (tertiary/aromatic N) is 1. The number of rotatable bonds is 6. The van der Waals surface area contributed by atoms with Crippen molar-refractivity contribution in [1.29, 1.82) is 0 Å². The van der Waals surface area contributed by atoms with E-state index in [1.165, 1.54) is 0 Å². The van der Waals surface area contributed by atoms with Gasteiger partial charge < -0.3 is 0 Å². The number of hydrogen-bond donors (Lipinski definition) is 2. The standard InChI is InChI=1S/C11H17N3O/c1-2-14(13-12)9-8-11(15)10-6-4-3-5-7-10/h3-7,13H,2,8-9,12H2,1H3. The van der Waals surface area contributed by atoms with Crippen LogP contribution in [0.25, 0.3) is 0 Å². The molecule has 0 saturated carbocycles. The van der Waals surface area contributed by atoms with Gasteiger partial charge in [-0.05, 0) is 0 Å². The number of nitrogens with two attached hydrogens (primary N) is 1. The van der Waals surface area contributed by atoms with E-state index in [1.807, 2.05) is 37.3 Å². The van der Waals surface area contributed by atoms with Crippen molar-refractivity contribution in [2.75, 3.05) is 13.1 Å². The molecule has 82 valence electrons. The van der Waals surface area contributed by atoms with Crippen LogP contribution in [0, 0.1) is 0 Å². The Balaban J connectivity index is 2.43. The molecule has 0 atom stereocenters. The zero-order valence-corrected chi connectivity index (χ0v) is 8.94. The van der Waals surface area contributed by atoms with Gasteiger partial charge in [0.1, 0.15) is 0 Å². The maximum absolute atomic E-state index is 11.7. The summed E-state index contributed by atoms with van der Waals surface area (Å²) in [5.74, 6) is 5.42. The molecule has 0 fully saturated rings. The third-order valence-electron chi connectivity index (χ3n) is 2.27. The number of hydrogen-bond acceptors (Lipinski definition) is 4. The summed E-state index contributed by atoms with van der Waals surface area (Å²) in [5.41, 5.74) is 3.29. The van der Waals surface area contributed by atoms with Gasteiger partial charge >= 0.3 is 0 Å². The van der Waals surface area contributed by atoms with Gasteiger partial charge in [0.05, 0.1) is 0 Å². The Kier molecular flexibility index (Phi) is 4.97. The molecule has 0 unspecified atom stereocenters. The second-order valence-corrected chi connectivity index (χ2v) is 3.25. The van der Waals surface area contributed by atoms with Gasteiger partial charge in [0.15, 0.2) is 5.78 Å². The fourth-order valence-electron chi connectivity index (χ4n) is 1.32. The second-order valence-electron chi connectivity index (χ2n) is 3.25. The van der Waals surface area contributed by atoms with Gasteiger partial charge in [-0.15, -0.1) is 0 Å². The van der Waals surface area contributed by atoms with Crippen LogP contribution in [-0.2, 0) is 0 Å². The van der Waals surface area contributed by atoms with Gasteiger partial charge in [-0.2, -0.15) is 5.53 Å². The van der Waals surface area contributed by atoms with E-state index in [1.54, 1.807) is 5.01 Å². The highest BCUT2D eigenvalue weighted by molar-refractivity contribution is 5.96. The van der Waals surface area contributed by atoms with Gasteiger partial charge in [0.2, 0.25) is 0 Å². The van der Waals surface area contributed by atoms with Gasteiger partial charge in [0, 0.05) is 25.1 Å². The highest BCUT2D eigenvalue weighted by Gasteiger charge is 2.07. The van der Waals surface area contributed by atoms with Crippen LogP contribution in [0.5, 0.6) is 0 Å². The van der Waals surface area contributed by atoms with Crippen molar-refractivity contribution in [1.82, 2.24) is 10.5 Å². The molecule has 1 rings (SSSR count). The van der Waals surface area contributed by atoms with Gasteiger partial charge in [0.25, 0.3) is 0 Å². The topological polar surface area (TPSA) is 58.4 Å². The Morgan fingerprint density at radius 2 is 2.07 bits per heavy atom. The number of ketones is 1. The summed E-state index contributed by atoms with van der Waals surface area (Å²) in [4.78, 5) is 11.7. The highest BCUT2D eigenvalue weighted by Crippen LogP contribution is 2.03. The summed E-state index contributed by atoms with van der Waals surface area (Å²) in [6, 6.07) is 9.29. The number of nitrogens with one attached hydrogen (secondary N) is 1. The molecule has 0 aliphatic heterocycles. The number of hydrazine groups is 2. The van der Waals surface area contributed by atoms with Crippen LogP contribution in [0.15, 0.2) is 30.3 Å². The average molecular weight is 207 g/mol. The van der Waals surface area contributed by atoms with E-state index in [4.69, 9.17) is 5.84 Å². The largest absolute Gasteiger partial charge is 0.294 e. The fraction of sp³-hybridized carbons (Fsp3) is 0.364. The van der Waals surface area contributed by atoms with E-state index in [0.29, 0.717) is 13.0 Å². The Bertz CT molecular complexity index is 296. The molecule has 0 bridgehead atoms. The van der Waals surface area contributed by atoms with Crippen LogP contribution in [-0.4, -0.2) is 23.9 Å². The lowest BCUT2D eigenvalue weighted by Crippen LogP contribution is -2.43. The first-order chi connectivity index (χ1) is 7.27. The normalized spacial score (nSPS) is 10.6. The Morgan fingerprint density at radius 1 is 1.40 bits per heavy atom. The minimum atomic E-state index is 0.143. The Hall–Kier alpha value is -1.23. The van der Waals surface area contributed by atoms with Crippen LogP contribution in [0.2, 0.25) is 0 Å². The zero-order valence-electron chi connectivity index (χ0n) is 8.94. The third-order valence-corrected chi connectivity index (χ3v) is 2.27. The zero-order chi connectivity index (χ0) is 11.1. The predicted octanol–water partition coefficient (Wildman–Crippen LogP) is 0.960. The van der Waals surface area contributed by atoms with E-state index in [9.17, 15) is 4.79 Å². The maximum atomic E-state index is 11.7. The molecule has 3 N–H and O–H groups in total. The van der Waals surface area contributed by atoms with Crippen molar-refractivity contribution in [2.24, 2.45) is 5.84 Å². The minimum absolute atomic E-state index is 0.143. The lowest BCUT2D eigenvalue weighted by molar-refractivity contribution is 0.0948. The summed E-state index contributed by atoms with van der Waals surface area (Å²) >= 11 is 0. The second kappa shape index (κ2) is 6.29. The van der Waals surface area contributed by atoms with Crippen molar-refractivity contribution in [3.63, 3.8) is 0 Å². The molecule has 0 radical (unpaired) electrons. The highest BCUT2D eigenvalue weighted by atomic mass is 16.1. The summed E-state index contributed by atoms with van der Waals surface area (Å²) in [6.45, 7) is 3.38. The first kappa shape index (κ1) is 11.8. The summed E-state index contributed by atoms with van der Waals surface area (Å²) in [6.07, 6.45) is 0.474. The van der Waals surface area contributed by atoms with Crippen LogP contribution < -0.4 is 11.4 Å². The minimum Gasteiger partial charge on any atom is -0.294 e. The van der Waals surface area contributed by atoms with E-state index in [0.717, 1.165) is 12.1 Å². The fourth-order valence-corrected chi connectivity index (χ4v) is 1.32. The summed E-state index contributed by atoms with van der Waals surface area (Å²) < 4.78 is 0. The molecule has 0 saturated heterocycles. The summed E-state index contributed by atoms with van der Waals surface area (Å²) in [5, 5.41) is 1.79. The molecule has 0 spiro atoms. The van der Waals surface area contributed by atoms with Crippen LogP contribution >= 0.6 is 0 Å². The Morgan fingerprint density at radius 3 is 2.60 bits per heavy atom. The molecular weight excluding hydrogens is 190 g/mol. The lowest BCUT2D eigenvalue weighted by atomic mass is 10.1. The average Bonchev–Trinajstić information content (AvgIpc) is 2.31. The van der Waals surface area contributed by atoms with Crippen molar-refractivity contribution in [3.8, 4) is 0 Å². The van der Waals surface area contributed by atoms with Crippen LogP contribution in [0.4, 0.5) is 0 Å². The predicted molar refractivity (Wildman–Crippen MR) is 60.0 cm³/mol. The number of carbonyl (C=O) groups is 1. The van der Waals surface area contributed by atoms with E-state index in [-0.39, 0.29) is 5.78 Å². The van der Waals surface area contributed by atoms with Crippen molar-refractivity contribution in [3.05, 3.63) is 35.9 Å². The molecule has 0 aliphatic carbocycles.